The molecule has 1 rings (SSSR count). The molecule has 0 aliphatic rings. The van der Waals surface area contributed by atoms with Crippen molar-refractivity contribution in [3.05, 3.63) is 28.2 Å². The smallest absolute Gasteiger partial charge is 0.326 e. The lowest BCUT2D eigenvalue weighted by molar-refractivity contribution is -0.145. The summed E-state index contributed by atoms with van der Waals surface area (Å²) >= 11 is 11.6. The molecule has 0 heterocycles. The first-order valence-corrected chi connectivity index (χ1v) is 8.89. The van der Waals surface area contributed by atoms with Gasteiger partial charge in [0.1, 0.15) is 6.04 Å². The van der Waals surface area contributed by atoms with E-state index in [2.05, 4.69) is 9.46 Å². The Balaban J connectivity index is 3.03. The van der Waals surface area contributed by atoms with Crippen LogP contribution in [-0.4, -0.2) is 39.7 Å². The van der Waals surface area contributed by atoms with E-state index in [1.807, 2.05) is 0 Å². The summed E-state index contributed by atoms with van der Waals surface area (Å²) in [6.45, 7) is 5.18. The van der Waals surface area contributed by atoms with Gasteiger partial charge in [0.25, 0.3) is 0 Å². The normalized spacial score (nSPS) is 13.7. The van der Waals surface area contributed by atoms with Crippen LogP contribution >= 0.6 is 23.2 Å². The fourth-order valence-electron chi connectivity index (χ4n) is 1.56. The van der Waals surface area contributed by atoms with Crippen molar-refractivity contribution in [2.75, 3.05) is 13.7 Å². The molecule has 130 valence electrons. The summed E-state index contributed by atoms with van der Waals surface area (Å²) in [5.74, 6) is -0.758. The van der Waals surface area contributed by atoms with E-state index in [1.165, 1.54) is 18.2 Å². The Morgan fingerprint density at radius 3 is 2.17 bits per heavy atom. The van der Waals surface area contributed by atoms with Crippen molar-refractivity contribution in [1.29, 1.82) is 0 Å². The molecule has 1 aromatic rings. The van der Waals surface area contributed by atoms with Crippen LogP contribution in [0.3, 0.4) is 0 Å². The number of hydrogen-bond donors (Lipinski definition) is 1. The van der Waals surface area contributed by atoms with E-state index < -0.39 is 27.6 Å². The van der Waals surface area contributed by atoms with Gasteiger partial charge in [-0.25, -0.2) is 8.42 Å². The molecule has 1 atom stereocenters. The Bertz CT molecular complexity index is 650. The quantitative estimate of drug-likeness (QED) is 0.763. The Morgan fingerprint density at radius 2 is 1.74 bits per heavy atom. The van der Waals surface area contributed by atoms with Gasteiger partial charge in [0, 0.05) is 10.0 Å². The second-order valence-electron chi connectivity index (χ2n) is 5.73. The summed E-state index contributed by atoms with van der Waals surface area (Å²) in [4.78, 5) is 11.6. The van der Waals surface area contributed by atoms with Crippen molar-refractivity contribution in [1.82, 2.24) is 4.72 Å². The number of ether oxygens (including phenoxy) is 2. The number of carbonyl (C=O) groups is 1. The average Bonchev–Trinajstić information content (AvgIpc) is 2.40. The molecule has 0 bridgehead atoms. The van der Waals surface area contributed by atoms with Gasteiger partial charge in [0.15, 0.2) is 0 Å². The van der Waals surface area contributed by atoms with Gasteiger partial charge < -0.3 is 9.47 Å². The van der Waals surface area contributed by atoms with Crippen molar-refractivity contribution < 1.29 is 22.7 Å². The minimum absolute atomic E-state index is 0.153. The molecule has 9 heteroatoms. The lowest BCUT2D eigenvalue weighted by Crippen LogP contribution is -2.46. The molecule has 0 amide bonds. The maximum absolute atomic E-state index is 12.4. The van der Waals surface area contributed by atoms with Gasteiger partial charge in [-0.1, -0.05) is 23.2 Å². The molecule has 0 radical (unpaired) electrons. The molecule has 0 saturated carbocycles. The third kappa shape index (κ3) is 6.64. The van der Waals surface area contributed by atoms with Gasteiger partial charge in [0.05, 0.1) is 24.2 Å². The largest absolute Gasteiger partial charge is 0.468 e. The van der Waals surface area contributed by atoms with Gasteiger partial charge in [-0.15, -0.1) is 0 Å². The van der Waals surface area contributed by atoms with Crippen LogP contribution in [0.2, 0.25) is 10.0 Å². The molecule has 0 aromatic heterocycles. The fourth-order valence-corrected chi connectivity index (χ4v) is 3.46. The molecule has 0 fully saturated rings. The predicted molar refractivity (Wildman–Crippen MR) is 88.3 cm³/mol. The van der Waals surface area contributed by atoms with Crippen LogP contribution in [0.25, 0.3) is 0 Å². The molecule has 1 unspecified atom stereocenters. The SMILES string of the molecule is COC(=O)C(COC(C)(C)C)NS(=O)(=O)c1cc(Cl)cc(Cl)c1. The average molecular weight is 384 g/mol. The highest BCUT2D eigenvalue weighted by Gasteiger charge is 2.28. The van der Waals surface area contributed by atoms with Crippen molar-refractivity contribution in [2.24, 2.45) is 0 Å². The second kappa shape index (κ2) is 7.81. The number of sulfonamides is 1. The topological polar surface area (TPSA) is 81.7 Å². The number of rotatable bonds is 6. The standard InChI is InChI=1S/C14H19Cl2NO5S/c1-14(2,3)22-8-12(13(18)21-4)17-23(19,20)11-6-9(15)5-10(16)7-11/h5-7,12,17H,8H2,1-4H3. The minimum Gasteiger partial charge on any atom is -0.468 e. The summed E-state index contributed by atoms with van der Waals surface area (Å²) < 4.78 is 37.1. The molecule has 23 heavy (non-hydrogen) atoms. The summed E-state index contributed by atoms with van der Waals surface area (Å²) in [6.07, 6.45) is 0. The third-order valence-corrected chi connectivity index (χ3v) is 4.50. The van der Waals surface area contributed by atoms with E-state index in [-0.39, 0.29) is 21.5 Å². The zero-order valence-electron chi connectivity index (χ0n) is 13.2. The molecule has 0 aliphatic heterocycles. The van der Waals surface area contributed by atoms with Gasteiger partial charge >= 0.3 is 5.97 Å². The monoisotopic (exact) mass is 383 g/mol. The Kier molecular flexibility index (Phi) is 6.85. The van der Waals surface area contributed by atoms with Crippen LogP contribution in [0.1, 0.15) is 20.8 Å². The number of methoxy groups -OCH3 is 1. The summed E-state index contributed by atoms with van der Waals surface area (Å²) in [7, 11) is -2.86. The van der Waals surface area contributed by atoms with E-state index >= 15 is 0 Å². The highest BCUT2D eigenvalue weighted by Crippen LogP contribution is 2.22. The van der Waals surface area contributed by atoms with Gasteiger partial charge in [-0.2, -0.15) is 4.72 Å². The van der Waals surface area contributed by atoms with E-state index in [4.69, 9.17) is 27.9 Å². The molecule has 0 saturated heterocycles. The summed E-state index contributed by atoms with van der Waals surface area (Å²) in [6, 6.07) is 2.67. The van der Waals surface area contributed by atoms with Crippen LogP contribution in [-0.2, 0) is 24.3 Å². The van der Waals surface area contributed by atoms with Crippen LogP contribution in [0.5, 0.6) is 0 Å². The molecule has 6 nitrogen and oxygen atoms in total. The van der Waals surface area contributed by atoms with Crippen LogP contribution in [0, 0.1) is 0 Å². The van der Waals surface area contributed by atoms with Crippen LogP contribution in [0.15, 0.2) is 23.1 Å². The number of nitrogens with one attached hydrogen (secondary N) is 1. The van der Waals surface area contributed by atoms with E-state index in [0.29, 0.717) is 0 Å². The molecule has 0 aliphatic carbocycles. The highest BCUT2D eigenvalue weighted by atomic mass is 35.5. The zero-order chi connectivity index (χ0) is 17.8. The van der Waals surface area contributed by atoms with Crippen LogP contribution < -0.4 is 4.72 Å². The lowest BCUT2D eigenvalue weighted by Gasteiger charge is -2.23. The number of esters is 1. The van der Waals surface area contributed by atoms with Crippen molar-refractivity contribution >= 4 is 39.2 Å². The van der Waals surface area contributed by atoms with Crippen molar-refractivity contribution in [3.63, 3.8) is 0 Å². The first-order chi connectivity index (χ1) is 10.4. The lowest BCUT2D eigenvalue weighted by atomic mass is 10.2. The predicted octanol–water partition coefficient (Wildman–Crippen LogP) is 2.63. The maximum Gasteiger partial charge on any atom is 0.326 e. The summed E-state index contributed by atoms with van der Waals surface area (Å²) in [5, 5.41) is 0.330. The number of carbonyl (C=O) groups excluding carboxylic acids is 1. The summed E-state index contributed by atoms with van der Waals surface area (Å²) in [5.41, 5.74) is -0.545. The number of hydrogen-bond acceptors (Lipinski definition) is 5. The van der Waals surface area contributed by atoms with E-state index in [9.17, 15) is 13.2 Å². The second-order valence-corrected chi connectivity index (χ2v) is 8.31. The minimum atomic E-state index is -4.03. The van der Waals surface area contributed by atoms with E-state index in [1.54, 1.807) is 20.8 Å². The molecule has 1 N–H and O–H groups in total. The van der Waals surface area contributed by atoms with Gasteiger partial charge in [-0.3, -0.25) is 4.79 Å². The van der Waals surface area contributed by atoms with Crippen molar-refractivity contribution in [2.45, 2.75) is 37.3 Å². The van der Waals surface area contributed by atoms with Gasteiger partial charge in [0.2, 0.25) is 10.0 Å². The maximum atomic E-state index is 12.4. The first-order valence-electron chi connectivity index (χ1n) is 6.65. The van der Waals surface area contributed by atoms with Crippen LogP contribution in [0.4, 0.5) is 0 Å². The number of benzene rings is 1. The molecular formula is C14H19Cl2NO5S. The molecular weight excluding hydrogens is 365 g/mol. The number of halogens is 2. The fraction of sp³-hybridized carbons (Fsp3) is 0.500. The zero-order valence-corrected chi connectivity index (χ0v) is 15.6. The Labute approximate surface area is 146 Å². The first kappa shape index (κ1) is 20.2. The Hall–Kier alpha value is -0.860. The molecule has 1 aromatic carbocycles. The van der Waals surface area contributed by atoms with E-state index in [0.717, 1.165) is 7.11 Å². The molecule has 0 spiro atoms. The highest BCUT2D eigenvalue weighted by molar-refractivity contribution is 7.89. The Morgan fingerprint density at radius 1 is 1.22 bits per heavy atom. The van der Waals surface area contributed by atoms with Gasteiger partial charge in [-0.05, 0) is 39.0 Å². The third-order valence-electron chi connectivity index (χ3n) is 2.61. The van der Waals surface area contributed by atoms with Crippen molar-refractivity contribution in [3.8, 4) is 0 Å².